The van der Waals surface area contributed by atoms with Gasteiger partial charge in [-0.15, -0.1) is 13.2 Å². The second-order valence-electron chi connectivity index (χ2n) is 7.47. The molecule has 1 aliphatic rings. The molecule has 0 radical (unpaired) electrons. The van der Waals surface area contributed by atoms with Gasteiger partial charge >= 0.3 is 6.36 Å². The van der Waals surface area contributed by atoms with Gasteiger partial charge in [0.15, 0.2) is 11.6 Å². The Morgan fingerprint density at radius 1 is 1.16 bits per heavy atom. The number of benzene rings is 2. The number of nitrogens with two attached hydrogens (primary N) is 1. The van der Waals surface area contributed by atoms with Crippen LogP contribution in [0.2, 0.25) is 5.02 Å². The lowest BCUT2D eigenvalue weighted by Crippen LogP contribution is -2.50. The van der Waals surface area contributed by atoms with Gasteiger partial charge in [-0.25, -0.2) is 18.2 Å². The van der Waals surface area contributed by atoms with Crippen molar-refractivity contribution in [3.05, 3.63) is 52.6 Å². The first-order valence-corrected chi connectivity index (χ1v) is 9.93. The van der Waals surface area contributed by atoms with Gasteiger partial charge in [-0.1, -0.05) is 11.6 Å². The van der Waals surface area contributed by atoms with Gasteiger partial charge in [0.25, 0.3) is 0 Å². The molecule has 0 bridgehead atoms. The van der Waals surface area contributed by atoms with Crippen molar-refractivity contribution >= 4 is 28.6 Å². The summed E-state index contributed by atoms with van der Waals surface area (Å²) < 4.78 is 85.8. The third-order valence-electron chi connectivity index (χ3n) is 5.20. The summed E-state index contributed by atoms with van der Waals surface area (Å²) in [4.78, 5) is 5.96. The van der Waals surface area contributed by atoms with Crippen molar-refractivity contribution in [1.82, 2.24) is 9.55 Å². The molecule has 0 aliphatic carbocycles. The molecule has 2 heterocycles. The number of anilines is 1. The van der Waals surface area contributed by atoms with Gasteiger partial charge in [-0.3, -0.25) is 0 Å². The first-order valence-electron chi connectivity index (χ1n) is 9.56. The van der Waals surface area contributed by atoms with Crippen LogP contribution >= 0.6 is 11.6 Å². The zero-order chi connectivity index (χ0) is 23.2. The third kappa shape index (κ3) is 4.58. The van der Waals surface area contributed by atoms with Gasteiger partial charge in [-0.05, 0) is 24.6 Å². The maximum absolute atomic E-state index is 14.0. The Labute approximate surface area is 183 Å². The molecule has 0 saturated carbocycles. The highest BCUT2D eigenvalue weighted by atomic mass is 35.5. The van der Waals surface area contributed by atoms with E-state index in [1.54, 1.807) is 4.90 Å². The van der Waals surface area contributed by atoms with Crippen molar-refractivity contribution < 1.29 is 31.1 Å². The van der Waals surface area contributed by atoms with Gasteiger partial charge in [0, 0.05) is 35.8 Å². The van der Waals surface area contributed by atoms with Crippen molar-refractivity contribution in [3.8, 4) is 5.75 Å². The molecule has 32 heavy (non-hydrogen) atoms. The topological polar surface area (TPSA) is 56.3 Å². The SMILES string of the molecule is N[C@@H]1CN(c2nc3cc(F)c(F)cc3n2Cc2cc(Cl)ccc2OC(F)(F)F)CC[C@H]1F. The highest BCUT2D eigenvalue weighted by molar-refractivity contribution is 6.30. The smallest absolute Gasteiger partial charge is 0.405 e. The van der Waals surface area contributed by atoms with E-state index >= 15 is 0 Å². The molecule has 1 aromatic heterocycles. The lowest BCUT2D eigenvalue weighted by atomic mass is 10.1. The number of hydrogen-bond donors (Lipinski definition) is 1. The van der Waals surface area contributed by atoms with E-state index in [4.69, 9.17) is 17.3 Å². The van der Waals surface area contributed by atoms with Gasteiger partial charge < -0.3 is 19.9 Å². The fourth-order valence-electron chi connectivity index (χ4n) is 3.71. The lowest BCUT2D eigenvalue weighted by Gasteiger charge is -2.34. The number of halogens is 7. The minimum absolute atomic E-state index is 0.0322. The van der Waals surface area contributed by atoms with Crippen LogP contribution in [0, 0.1) is 11.6 Å². The Hall–Kier alpha value is -2.66. The highest BCUT2D eigenvalue weighted by Crippen LogP contribution is 2.33. The molecule has 2 atom stereocenters. The van der Waals surface area contributed by atoms with Gasteiger partial charge in [0.1, 0.15) is 11.9 Å². The van der Waals surface area contributed by atoms with Crippen LogP contribution in [0.4, 0.5) is 32.3 Å². The van der Waals surface area contributed by atoms with Crippen molar-refractivity contribution in [2.24, 2.45) is 5.73 Å². The van der Waals surface area contributed by atoms with Gasteiger partial charge in [-0.2, -0.15) is 0 Å². The van der Waals surface area contributed by atoms with Crippen LogP contribution in [0.5, 0.6) is 5.75 Å². The van der Waals surface area contributed by atoms with Crippen molar-refractivity contribution in [2.75, 3.05) is 18.0 Å². The Morgan fingerprint density at radius 2 is 1.88 bits per heavy atom. The van der Waals surface area contributed by atoms with E-state index in [1.165, 1.54) is 16.7 Å². The molecule has 1 saturated heterocycles. The zero-order valence-corrected chi connectivity index (χ0v) is 17.1. The molecule has 0 unspecified atom stereocenters. The average molecular weight is 479 g/mol. The number of rotatable bonds is 4. The molecule has 12 heteroatoms. The monoisotopic (exact) mass is 478 g/mol. The van der Waals surface area contributed by atoms with E-state index < -0.39 is 36.0 Å². The van der Waals surface area contributed by atoms with Gasteiger partial charge in [0.2, 0.25) is 5.95 Å². The van der Waals surface area contributed by atoms with Crippen LogP contribution in [0.25, 0.3) is 11.0 Å². The van der Waals surface area contributed by atoms with Crippen LogP contribution in [0.3, 0.4) is 0 Å². The number of ether oxygens (including phenoxy) is 1. The van der Waals surface area contributed by atoms with Crippen molar-refractivity contribution in [1.29, 1.82) is 0 Å². The molecule has 2 N–H and O–H groups in total. The second-order valence-corrected chi connectivity index (χ2v) is 7.90. The molecule has 4 rings (SSSR count). The number of imidazole rings is 1. The Morgan fingerprint density at radius 3 is 2.56 bits per heavy atom. The van der Waals surface area contributed by atoms with E-state index in [2.05, 4.69) is 9.72 Å². The summed E-state index contributed by atoms with van der Waals surface area (Å²) in [6.45, 7) is 0.0230. The molecule has 3 aromatic rings. The first kappa shape index (κ1) is 22.5. The summed E-state index contributed by atoms with van der Waals surface area (Å²) in [5, 5.41) is 0.151. The van der Waals surface area contributed by atoms with Crippen LogP contribution < -0.4 is 15.4 Å². The summed E-state index contributed by atoms with van der Waals surface area (Å²) in [5.74, 6) is -2.60. The van der Waals surface area contributed by atoms with E-state index in [-0.39, 0.29) is 53.6 Å². The molecule has 172 valence electrons. The fourth-order valence-corrected chi connectivity index (χ4v) is 3.90. The summed E-state index contributed by atoms with van der Waals surface area (Å²) in [7, 11) is 0. The van der Waals surface area contributed by atoms with E-state index in [9.17, 15) is 26.3 Å². The average Bonchev–Trinajstić information content (AvgIpc) is 3.03. The number of aromatic nitrogens is 2. The zero-order valence-electron chi connectivity index (χ0n) is 16.3. The third-order valence-corrected chi connectivity index (χ3v) is 5.44. The second kappa shape index (κ2) is 8.36. The molecule has 2 aromatic carbocycles. The van der Waals surface area contributed by atoms with Gasteiger partial charge in [0.05, 0.1) is 23.6 Å². The minimum Gasteiger partial charge on any atom is -0.405 e. The predicted molar refractivity (Wildman–Crippen MR) is 107 cm³/mol. The summed E-state index contributed by atoms with van der Waals surface area (Å²) >= 11 is 5.98. The van der Waals surface area contributed by atoms with Crippen molar-refractivity contribution in [2.45, 2.75) is 31.5 Å². The Bertz CT molecular complexity index is 1150. The molecule has 1 aliphatic heterocycles. The minimum atomic E-state index is -4.95. The summed E-state index contributed by atoms with van der Waals surface area (Å²) in [6, 6.07) is 4.54. The van der Waals surface area contributed by atoms with Crippen LogP contribution in [-0.4, -0.2) is 41.2 Å². The first-order chi connectivity index (χ1) is 15.0. The standard InChI is InChI=1S/C20H17ClF6N4O/c21-11-1-2-18(32-20(25,26)27)10(5-11)8-31-17-7-14(24)13(23)6-16(17)29-19(31)30-4-3-12(22)15(28)9-30/h1-2,5-7,12,15H,3-4,8-9,28H2/t12-,15-/m1/s1. The number of fused-ring (bicyclic) bond motifs is 1. The van der Waals surface area contributed by atoms with Crippen LogP contribution in [-0.2, 0) is 6.54 Å². The Kier molecular flexibility index (Phi) is 5.89. The van der Waals surface area contributed by atoms with E-state index in [1.807, 2.05) is 0 Å². The van der Waals surface area contributed by atoms with E-state index in [0.717, 1.165) is 18.2 Å². The van der Waals surface area contributed by atoms with Crippen molar-refractivity contribution in [3.63, 3.8) is 0 Å². The largest absolute Gasteiger partial charge is 0.573 e. The number of nitrogens with zero attached hydrogens (tertiary/aromatic N) is 3. The lowest BCUT2D eigenvalue weighted by molar-refractivity contribution is -0.274. The number of alkyl halides is 4. The summed E-state index contributed by atoms with van der Waals surface area (Å²) in [5.41, 5.74) is 6.07. The molecular formula is C20H17ClF6N4O. The molecule has 5 nitrogen and oxygen atoms in total. The number of piperidine rings is 1. The van der Waals surface area contributed by atoms with Crippen LogP contribution in [0.15, 0.2) is 30.3 Å². The normalized spacial score (nSPS) is 19.6. The summed E-state index contributed by atoms with van der Waals surface area (Å²) in [6.07, 6.45) is -6.07. The Balaban J connectivity index is 1.83. The quantitative estimate of drug-likeness (QED) is 0.548. The highest BCUT2D eigenvalue weighted by Gasteiger charge is 2.33. The van der Waals surface area contributed by atoms with Crippen LogP contribution in [0.1, 0.15) is 12.0 Å². The number of hydrogen-bond acceptors (Lipinski definition) is 4. The molecule has 0 spiro atoms. The fraction of sp³-hybridized carbons (Fsp3) is 0.350. The molecular weight excluding hydrogens is 462 g/mol. The predicted octanol–water partition coefficient (Wildman–Crippen LogP) is 4.79. The maximum atomic E-state index is 14.0. The maximum Gasteiger partial charge on any atom is 0.573 e. The van der Waals surface area contributed by atoms with E-state index in [0.29, 0.717) is 0 Å². The molecule has 1 fully saturated rings. The molecule has 0 amide bonds.